The number of carbonyl (C=O) groups excluding carboxylic acids is 2. The maximum atomic E-state index is 12.3. The van der Waals surface area contributed by atoms with Crippen molar-refractivity contribution in [1.29, 1.82) is 0 Å². The Labute approximate surface area is 152 Å². The lowest BCUT2D eigenvalue weighted by atomic mass is 10.2. The monoisotopic (exact) mass is 358 g/mol. The number of likely N-dealkylation sites (N-methyl/N-ethyl adjacent to an activating group) is 1. The van der Waals surface area contributed by atoms with Gasteiger partial charge in [-0.15, -0.1) is 0 Å². The highest BCUT2D eigenvalue weighted by atomic mass is 16.5. The van der Waals surface area contributed by atoms with Crippen molar-refractivity contribution in [3.8, 4) is 17.2 Å². The zero-order chi connectivity index (χ0) is 19.1. The Bertz CT molecular complexity index is 774. The van der Waals surface area contributed by atoms with Gasteiger partial charge in [-0.2, -0.15) is 0 Å². The Morgan fingerprint density at radius 1 is 1.00 bits per heavy atom. The van der Waals surface area contributed by atoms with E-state index in [-0.39, 0.29) is 5.75 Å². The van der Waals surface area contributed by atoms with Gasteiger partial charge >= 0.3 is 11.8 Å². The quantitative estimate of drug-likeness (QED) is 0.775. The van der Waals surface area contributed by atoms with E-state index in [1.165, 1.54) is 24.1 Å². The van der Waals surface area contributed by atoms with Crippen LogP contribution in [-0.4, -0.2) is 37.2 Å². The van der Waals surface area contributed by atoms with E-state index in [2.05, 4.69) is 5.32 Å². The first kappa shape index (κ1) is 19.1. The molecule has 7 nitrogen and oxygen atoms in total. The molecule has 0 heterocycles. The van der Waals surface area contributed by atoms with Crippen LogP contribution >= 0.6 is 0 Å². The van der Waals surface area contributed by atoms with E-state index >= 15 is 0 Å². The molecule has 0 aliphatic carbocycles. The highest BCUT2D eigenvalue weighted by Gasteiger charge is 2.20. The number of aromatic hydroxyl groups is 1. The third-order valence-corrected chi connectivity index (χ3v) is 3.54. The minimum Gasteiger partial charge on any atom is -0.508 e. The Hall–Kier alpha value is -3.22. The fourth-order valence-electron chi connectivity index (χ4n) is 2.26. The summed E-state index contributed by atoms with van der Waals surface area (Å²) in [5, 5.41) is 11.9. The summed E-state index contributed by atoms with van der Waals surface area (Å²) in [4.78, 5) is 25.8. The number of amides is 2. The van der Waals surface area contributed by atoms with E-state index in [4.69, 9.17) is 9.47 Å². The third-order valence-electron chi connectivity index (χ3n) is 3.54. The normalized spacial score (nSPS) is 10.1. The zero-order valence-corrected chi connectivity index (χ0v) is 15.0. The second-order valence-electron chi connectivity index (χ2n) is 5.36. The first-order chi connectivity index (χ1) is 12.5. The Kier molecular flexibility index (Phi) is 6.43. The fraction of sp³-hybridized carbons (Fsp3) is 0.263. The van der Waals surface area contributed by atoms with E-state index < -0.39 is 11.8 Å². The number of hydrogen-bond acceptors (Lipinski definition) is 5. The summed E-state index contributed by atoms with van der Waals surface area (Å²) in [6.07, 6.45) is 0. The topological polar surface area (TPSA) is 88.1 Å². The van der Waals surface area contributed by atoms with E-state index in [1.807, 2.05) is 13.8 Å². The van der Waals surface area contributed by atoms with Gasteiger partial charge in [0, 0.05) is 24.5 Å². The van der Waals surface area contributed by atoms with Gasteiger partial charge in [0.15, 0.2) is 11.5 Å². The van der Waals surface area contributed by atoms with Crippen LogP contribution in [0.3, 0.4) is 0 Å². The molecule has 7 heteroatoms. The summed E-state index contributed by atoms with van der Waals surface area (Å²) in [7, 11) is 1.48. The van der Waals surface area contributed by atoms with Crippen LogP contribution < -0.4 is 19.7 Å². The smallest absolute Gasteiger partial charge is 0.316 e. The molecular weight excluding hydrogens is 336 g/mol. The molecule has 0 aromatic heterocycles. The minimum atomic E-state index is -0.785. The van der Waals surface area contributed by atoms with Crippen molar-refractivity contribution in [2.75, 3.05) is 30.5 Å². The number of benzene rings is 2. The lowest BCUT2D eigenvalue weighted by Crippen LogP contribution is -2.37. The Morgan fingerprint density at radius 3 is 2.23 bits per heavy atom. The summed E-state index contributed by atoms with van der Waals surface area (Å²) in [6, 6.07) is 10.9. The van der Waals surface area contributed by atoms with Gasteiger partial charge in [-0.05, 0) is 50.2 Å². The second kappa shape index (κ2) is 8.75. The molecule has 2 aromatic carbocycles. The summed E-state index contributed by atoms with van der Waals surface area (Å²) in [6.45, 7) is 4.64. The maximum absolute atomic E-state index is 12.3. The fourth-order valence-corrected chi connectivity index (χ4v) is 2.26. The van der Waals surface area contributed by atoms with Crippen molar-refractivity contribution >= 4 is 23.2 Å². The van der Waals surface area contributed by atoms with Gasteiger partial charge < -0.3 is 24.8 Å². The van der Waals surface area contributed by atoms with Crippen molar-refractivity contribution in [3.05, 3.63) is 42.5 Å². The number of phenols is 1. The van der Waals surface area contributed by atoms with Crippen LogP contribution in [0.1, 0.15) is 13.8 Å². The maximum Gasteiger partial charge on any atom is 0.316 e. The predicted octanol–water partition coefficient (Wildman–Crippen LogP) is 2.79. The molecule has 2 amide bonds. The molecule has 0 aliphatic rings. The number of carbonyl (C=O) groups is 2. The van der Waals surface area contributed by atoms with E-state index in [9.17, 15) is 14.7 Å². The second-order valence-corrected chi connectivity index (χ2v) is 5.36. The number of nitrogens with one attached hydrogen (secondary N) is 1. The van der Waals surface area contributed by atoms with Gasteiger partial charge in [-0.1, -0.05) is 0 Å². The van der Waals surface area contributed by atoms with Gasteiger partial charge in [0.25, 0.3) is 0 Å². The number of rotatable bonds is 6. The van der Waals surface area contributed by atoms with Crippen molar-refractivity contribution in [3.63, 3.8) is 0 Å². The molecule has 26 heavy (non-hydrogen) atoms. The van der Waals surface area contributed by atoms with E-state index in [0.717, 1.165) is 0 Å². The first-order valence-electron chi connectivity index (χ1n) is 8.24. The molecule has 0 saturated carbocycles. The average Bonchev–Trinajstić information content (AvgIpc) is 2.63. The molecule has 0 bridgehead atoms. The molecule has 0 radical (unpaired) electrons. The standard InChI is InChI=1S/C19H22N2O5/c1-4-25-16-11-6-13(12-17(16)26-5-2)20-18(23)19(24)21(3)14-7-9-15(22)10-8-14/h6-12,22H,4-5H2,1-3H3,(H,20,23). The molecule has 2 N–H and O–H groups in total. The molecule has 138 valence electrons. The first-order valence-corrected chi connectivity index (χ1v) is 8.24. The van der Waals surface area contributed by atoms with Crippen molar-refractivity contribution in [1.82, 2.24) is 0 Å². The van der Waals surface area contributed by atoms with Gasteiger partial charge in [0.1, 0.15) is 5.75 Å². The Morgan fingerprint density at radius 2 is 1.62 bits per heavy atom. The third kappa shape index (κ3) is 4.66. The van der Waals surface area contributed by atoms with Crippen LogP contribution in [0.25, 0.3) is 0 Å². The van der Waals surface area contributed by atoms with Crippen molar-refractivity contribution in [2.45, 2.75) is 13.8 Å². The zero-order valence-electron chi connectivity index (χ0n) is 15.0. The van der Waals surface area contributed by atoms with Crippen molar-refractivity contribution < 1.29 is 24.2 Å². The molecule has 0 spiro atoms. The molecule has 0 aliphatic heterocycles. The summed E-state index contributed by atoms with van der Waals surface area (Å²) in [5.41, 5.74) is 0.916. The molecule has 2 rings (SSSR count). The molecule has 0 saturated heterocycles. The van der Waals surface area contributed by atoms with Gasteiger partial charge in [-0.25, -0.2) is 0 Å². The number of anilines is 2. The highest BCUT2D eigenvalue weighted by molar-refractivity contribution is 6.44. The molecule has 2 aromatic rings. The van der Waals surface area contributed by atoms with Crippen LogP contribution in [0.4, 0.5) is 11.4 Å². The van der Waals surface area contributed by atoms with Gasteiger partial charge in [0.05, 0.1) is 13.2 Å². The lowest BCUT2D eigenvalue weighted by molar-refractivity contribution is -0.134. The average molecular weight is 358 g/mol. The Balaban J connectivity index is 2.11. The van der Waals surface area contributed by atoms with Crippen LogP contribution in [0.2, 0.25) is 0 Å². The summed E-state index contributed by atoms with van der Waals surface area (Å²) in [5.74, 6) is -0.377. The summed E-state index contributed by atoms with van der Waals surface area (Å²) < 4.78 is 11.0. The van der Waals surface area contributed by atoms with Gasteiger partial charge in [0.2, 0.25) is 0 Å². The van der Waals surface area contributed by atoms with E-state index in [0.29, 0.717) is 36.1 Å². The van der Waals surface area contributed by atoms with Gasteiger partial charge in [-0.3, -0.25) is 9.59 Å². The predicted molar refractivity (Wildman–Crippen MR) is 98.9 cm³/mol. The van der Waals surface area contributed by atoms with Crippen LogP contribution in [0.5, 0.6) is 17.2 Å². The minimum absolute atomic E-state index is 0.0805. The molecule has 0 fully saturated rings. The van der Waals surface area contributed by atoms with Crippen molar-refractivity contribution in [2.24, 2.45) is 0 Å². The largest absolute Gasteiger partial charge is 0.508 e. The number of nitrogens with zero attached hydrogens (tertiary/aromatic N) is 1. The van der Waals surface area contributed by atoms with Crippen LogP contribution in [-0.2, 0) is 9.59 Å². The SMILES string of the molecule is CCOc1ccc(NC(=O)C(=O)N(C)c2ccc(O)cc2)cc1OCC. The molecule has 0 unspecified atom stereocenters. The highest BCUT2D eigenvalue weighted by Crippen LogP contribution is 2.30. The molecule has 0 atom stereocenters. The number of phenolic OH excluding ortho intramolecular Hbond substituents is 1. The summed E-state index contributed by atoms with van der Waals surface area (Å²) >= 11 is 0. The molecular formula is C19H22N2O5. The van der Waals surface area contributed by atoms with Crippen LogP contribution in [0, 0.1) is 0 Å². The number of ether oxygens (including phenoxy) is 2. The van der Waals surface area contributed by atoms with Crippen LogP contribution in [0.15, 0.2) is 42.5 Å². The number of hydrogen-bond donors (Lipinski definition) is 2. The van der Waals surface area contributed by atoms with E-state index in [1.54, 1.807) is 30.3 Å². The lowest BCUT2D eigenvalue weighted by Gasteiger charge is -2.17.